The van der Waals surface area contributed by atoms with Crippen LogP contribution >= 0.6 is 22.6 Å². The Morgan fingerprint density at radius 3 is 2.57 bits per heavy atom. The number of halogens is 1. The zero-order valence-corrected chi connectivity index (χ0v) is 10.1. The summed E-state index contributed by atoms with van der Waals surface area (Å²) in [7, 11) is 0. The van der Waals surface area contributed by atoms with E-state index < -0.39 is 0 Å². The molecule has 14 heavy (non-hydrogen) atoms. The molecule has 2 rings (SSSR count). The molecule has 0 radical (unpaired) electrons. The molecule has 0 spiro atoms. The van der Waals surface area contributed by atoms with Crippen LogP contribution in [0.1, 0.15) is 11.1 Å². The first-order valence-corrected chi connectivity index (χ1v) is 5.36. The number of hydrogen-bond donors (Lipinski definition) is 0. The number of hydrogen-bond acceptors (Lipinski definition) is 2. The van der Waals surface area contributed by atoms with Gasteiger partial charge in [-0.2, -0.15) is 0 Å². The van der Waals surface area contributed by atoms with Crippen molar-refractivity contribution in [1.29, 1.82) is 0 Å². The van der Waals surface area contributed by atoms with E-state index in [-0.39, 0.29) is 5.43 Å². The fourth-order valence-electron chi connectivity index (χ4n) is 1.36. The van der Waals surface area contributed by atoms with Crippen molar-refractivity contribution in [3.8, 4) is 0 Å². The highest BCUT2D eigenvalue weighted by Crippen LogP contribution is 2.17. The molecule has 3 heteroatoms. The molecule has 0 saturated carbocycles. The number of benzene rings is 1. The Morgan fingerprint density at radius 2 is 1.86 bits per heavy atom. The molecule has 1 aromatic carbocycles. The summed E-state index contributed by atoms with van der Waals surface area (Å²) in [6.07, 6.45) is 1.50. The van der Waals surface area contributed by atoms with E-state index in [9.17, 15) is 4.79 Å². The smallest absolute Gasteiger partial charge is 0.205 e. The molecule has 0 saturated heterocycles. The summed E-state index contributed by atoms with van der Waals surface area (Å²) in [5, 5.41) is 0.667. The van der Waals surface area contributed by atoms with Gasteiger partial charge in [-0.25, -0.2) is 0 Å². The van der Waals surface area contributed by atoms with Crippen molar-refractivity contribution in [3.05, 3.63) is 43.3 Å². The minimum atomic E-state index is 0.0509. The van der Waals surface area contributed by atoms with Crippen molar-refractivity contribution in [2.75, 3.05) is 0 Å². The quantitative estimate of drug-likeness (QED) is 0.700. The third kappa shape index (κ3) is 1.45. The Balaban J connectivity index is 2.97. The van der Waals surface area contributed by atoms with Crippen LogP contribution in [0.2, 0.25) is 0 Å². The van der Waals surface area contributed by atoms with E-state index in [1.807, 2.05) is 48.6 Å². The third-order valence-electron chi connectivity index (χ3n) is 2.35. The van der Waals surface area contributed by atoms with Crippen molar-refractivity contribution >= 4 is 33.6 Å². The van der Waals surface area contributed by atoms with Gasteiger partial charge in [0.2, 0.25) is 5.43 Å². The predicted molar refractivity (Wildman–Crippen MR) is 64.7 cm³/mol. The lowest BCUT2D eigenvalue weighted by molar-refractivity contribution is 0.598. The molecule has 72 valence electrons. The van der Waals surface area contributed by atoms with Crippen LogP contribution in [0.3, 0.4) is 0 Å². The average Bonchev–Trinajstić information content (AvgIpc) is 2.15. The van der Waals surface area contributed by atoms with Gasteiger partial charge >= 0.3 is 0 Å². The SMILES string of the molecule is Cc1cc2occ(I)c(=O)c2cc1C. The lowest BCUT2D eigenvalue weighted by Crippen LogP contribution is -2.04. The van der Waals surface area contributed by atoms with Gasteiger partial charge in [-0.3, -0.25) is 4.79 Å². The molecule has 0 aliphatic rings. The molecule has 2 nitrogen and oxygen atoms in total. The van der Waals surface area contributed by atoms with Crippen LogP contribution in [0.4, 0.5) is 0 Å². The van der Waals surface area contributed by atoms with Gasteiger partial charge in [0.05, 0.1) is 8.96 Å². The van der Waals surface area contributed by atoms with E-state index in [1.54, 1.807) is 0 Å². The number of rotatable bonds is 0. The number of aryl methyl sites for hydroxylation is 2. The molecule has 0 amide bonds. The van der Waals surface area contributed by atoms with Gasteiger partial charge in [0.1, 0.15) is 11.8 Å². The van der Waals surface area contributed by atoms with Gasteiger partial charge in [0.25, 0.3) is 0 Å². The van der Waals surface area contributed by atoms with Gasteiger partial charge in [-0.15, -0.1) is 0 Å². The highest BCUT2D eigenvalue weighted by molar-refractivity contribution is 14.1. The second-order valence-electron chi connectivity index (χ2n) is 3.35. The topological polar surface area (TPSA) is 30.2 Å². The predicted octanol–water partition coefficient (Wildman–Crippen LogP) is 3.01. The van der Waals surface area contributed by atoms with E-state index in [0.717, 1.165) is 11.1 Å². The number of fused-ring (bicyclic) bond motifs is 1. The van der Waals surface area contributed by atoms with Crippen molar-refractivity contribution in [1.82, 2.24) is 0 Å². The molecule has 1 heterocycles. The minimum absolute atomic E-state index is 0.0509. The van der Waals surface area contributed by atoms with Crippen LogP contribution in [0.15, 0.2) is 27.6 Å². The Hall–Kier alpha value is -0.840. The average molecular weight is 300 g/mol. The largest absolute Gasteiger partial charge is 0.463 e. The van der Waals surface area contributed by atoms with Crippen molar-refractivity contribution in [3.63, 3.8) is 0 Å². The second kappa shape index (κ2) is 3.38. The fraction of sp³-hybridized carbons (Fsp3) is 0.182. The highest BCUT2D eigenvalue weighted by atomic mass is 127. The first kappa shape index (κ1) is 9.71. The Kier molecular flexibility index (Phi) is 2.34. The summed E-state index contributed by atoms with van der Waals surface area (Å²) in [4.78, 5) is 11.7. The summed E-state index contributed by atoms with van der Waals surface area (Å²) in [6.45, 7) is 4.00. The molecular weight excluding hydrogens is 291 g/mol. The maximum absolute atomic E-state index is 11.7. The third-order valence-corrected chi connectivity index (χ3v) is 3.09. The van der Waals surface area contributed by atoms with Crippen LogP contribution in [-0.2, 0) is 0 Å². The minimum Gasteiger partial charge on any atom is -0.463 e. The lowest BCUT2D eigenvalue weighted by Gasteiger charge is -2.02. The summed E-state index contributed by atoms with van der Waals surface area (Å²) in [6, 6.07) is 3.79. The molecule has 0 aliphatic carbocycles. The van der Waals surface area contributed by atoms with Crippen LogP contribution < -0.4 is 5.43 Å². The Labute approximate surface area is 95.1 Å². The Morgan fingerprint density at radius 1 is 1.21 bits per heavy atom. The molecule has 0 unspecified atom stereocenters. The van der Waals surface area contributed by atoms with Crippen molar-refractivity contribution in [2.45, 2.75) is 13.8 Å². The Bertz CT molecular complexity index is 555. The van der Waals surface area contributed by atoms with Crippen molar-refractivity contribution in [2.24, 2.45) is 0 Å². The molecule has 0 atom stereocenters. The van der Waals surface area contributed by atoms with E-state index in [1.165, 1.54) is 6.26 Å². The van der Waals surface area contributed by atoms with E-state index in [0.29, 0.717) is 14.5 Å². The second-order valence-corrected chi connectivity index (χ2v) is 4.51. The maximum Gasteiger partial charge on any atom is 0.205 e. The molecular formula is C11H9IO2. The zero-order valence-electron chi connectivity index (χ0n) is 7.93. The van der Waals surface area contributed by atoms with Crippen LogP contribution in [-0.4, -0.2) is 0 Å². The van der Waals surface area contributed by atoms with Gasteiger partial charge in [-0.1, -0.05) is 0 Å². The van der Waals surface area contributed by atoms with E-state index in [4.69, 9.17) is 4.42 Å². The van der Waals surface area contributed by atoms with Crippen LogP contribution in [0.25, 0.3) is 11.0 Å². The fourth-order valence-corrected chi connectivity index (χ4v) is 1.78. The molecule has 2 aromatic rings. The first-order chi connectivity index (χ1) is 6.59. The molecule has 0 bridgehead atoms. The van der Waals surface area contributed by atoms with Crippen molar-refractivity contribution < 1.29 is 4.42 Å². The summed E-state index contributed by atoms with van der Waals surface area (Å²) < 4.78 is 5.98. The lowest BCUT2D eigenvalue weighted by atomic mass is 10.1. The van der Waals surface area contributed by atoms with Gasteiger partial charge < -0.3 is 4.42 Å². The van der Waals surface area contributed by atoms with Gasteiger partial charge in [0.15, 0.2) is 0 Å². The summed E-state index contributed by atoms with van der Waals surface area (Å²) in [5.41, 5.74) is 2.97. The molecule has 0 fully saturated rings. The van der Waals surface area contributed by atoms with Crippen LogP contribution in [0.5, 0.6) is 0 Å². The maximum atomic E-state index is 11.7. The summed E-state index contributed by atoms with van der Waals surface area (Å²) in [5.74, 6) is 0. The van der Waals surface area contributed by atoms with Gasteiger partial charge in [0, 0.05) is 0 Å². The zero-order chi connectivity index (χ0) is 10.3. The highest BCUT2D eigenvalue weighted by Gasteiger charge is 2.05. The van der Waals surface area contributed by atoms with E-state index >= 15 is 0 Å². The molecule has 0 N–H and O–H groups in total. The van der Waals surface area contributed by atoms with Gasteiger partial charge in [-0.05, 0) is 59.7 Å². The normalized spacial score (nSPS) is 10.8. The monoisotopic (exact) mass is 300 g/mol. The molecule has 0 aliphatic heterocycles. The first-order valence-electron chi connectivity index (χ1n) is 4.28. The van der Waals surface area contributed by atoms with Crippen LogP contribution in [0, 0.1) is 17.4 Å². The summed E-state index contributed by atoms with van der Waals surface area (Å²) >= 11 is 1.99. The van der Waals surface area contributed by atoms with E-state index in [2.05, 4.69) is 0 Å². The molecule has 1 aromatic heterocycles. The standard InChI is InChI=1S/C11H9IO2/c1-6-3-8-10(4-7(6)2)14-5-9(12)11(8)13/h3-5H,1-2H3.